The Morgan fingerprint density at radius 3 is 2.17 bits per heavy atom. The zero-order valence-corrected chi connectivity index (χ0v) is 8.87. The largest absolute Gasteiger partial charge is 0.416 e. The molecule has 2 aromatic rings. The molecule has 0 aliphatic carbocycles. The van der Waals surface area contributed by atoms with Crippen LogP contribution >= 0.6 is 0 Å². The zero-order valence-electron chi connectivity index (χ0n) is 8.87. The van der Waals surface area contributed by atoms with Gasteiger partial charge in [0.25, 0.3) is 0 Å². The third kappa shape index (κ3) is 2.55. The van der Waals surface area contributed by atoms with Crippen molar-refractivity contribution in [1.29, 1.82) is 0 Å². The molecule has 0 unspecified atom stereocenters. The van der Waals surface area contributed by atoms with Gasteiger partial charge in [0.05, 0.1) is 23.6 Å². The van der Waals surface area contributed by atoms with E-state index < -0.39 is 17.6 Å². The maximum absolute atomic E-state index is 13.1. The highest BCUT2D eigenvalue weighted by atomic mass is 19.4. The average Bonchev–Trinajstić information content (AvgIpc) is 2.28. The van der Waals surface area contributed by atoms with Crippen molar-refractivity contribution in [3.05, 3.63) is 42.0 Å². The summed E-state index contributed by atoms with van der Waals surface area (Å²) < 4.78 is 50.6. The molecule has 7 heteroatoms. The Hall–Kier alpha value is -2.18. The fourth-order valence-corrected chi connectivity index (χ4v) is 1.37. The van der Waals surface area contributed by atoms with E-state index in [2.05, 4.69) is 9.97 Å². The molecule has 0 spiro atoms. The number of nitrogens with zero attached hydrogens (tertiary/aromatic N) is 2. The summed E-state index contributed by atoms with van der Waals surface area (Å²) in [6.45, 7) is 0. The number of hydrogen-bond acceptors (Lipinski definition) is 3. The summed E-state index contributed by atoms with van der Waals surface area (Å²) in [5.74, 6) is -1.02. The summed E-state index contributed by atoms with van der Waals surface area (Å²) in [5.41, 5.74) is 4.49. The molecule has 1 aromatic carbocycles. The third-order valence-corrected chi connectivity index (χ3v) is 2.16. The first-order valence-electron chi connectivity index (χ1n) is 4.82. The van der Waals surface area contributed by atoms with Gasteiger partial charge in [0.2, 0.25) is 0 Å². The van der Waals surface area contributed by atoms with Gasteiger partial charge in [0.1, 0.15) is 5.82 Å². The summed E-state index contributed by atoms with van der Waals surface area (Å²) in [7, 11) is 0. The Kier molecular flexibility index (Phi) is 2.90. The number of benzene rings is 1. The Morgan fingerprint density at radius 2 is 1.61 bits per heavy atom. The van der Waals surface area contributed by atoms with Crippen molar-refractivity contribution < 1.29 is 17.6 Å². The molecule has 0 aliphatic heterocycles. The van der Waals surface area contributed by atoms with Gasteiger partial charge in [0, 0.05) is 5.56 Å². The molecule has 1 aromatic heterocycles. The topological polar surface area (TPSA) is 51.8 Å². The highest BCUT2D eigenvalue weighted by molar-refractivity contribution is 5.57. The van der Waals surface area contributed by atoms with Crippen molar-refractivity contribution in [2.24, 2.45) is 0 Å². The quantitative estimate of drug-likeness (QED) is 0.799. The molecule has 1 heterocycles. The lowest BCUT2D eigenvalue weighted by Gasteiger charge is -2.08. The monoisotopic (exact) mass is 257 g/mol. The first-order chi connectivity index (χ1) is 8.36. The average molecular weight is 257 g/mol. The molecule has 2 N–H and O–H groups in total. The number of rotatable bonds is 1. The second kappa shape index (κ2) is 4.25. The van der Waals surface area contributed by atoms with Crippen LogP contribution in [0.4, 0.5) is 23.2 Å². The van der Waals surface area contributed by atoms with E-state index in [1.165, 1.54) is 12.4 Å². The van der Waals surface area contributed by atoms with E-state index in [0.717, 1.165) is 12.1 Å². The van der Waals surface area contributed by atoms with Crippen LogP contribution in [0.3, 0.4) is 0 Å². The van der Waals surface area contributed by atoms with Crippen molar-refractivity contribution in [2.75, 3.05) is 5.73 Å². The molecule has 0 aliphatic rings. The van der Waals surface area contributed by atoms with Crippen LogP contribution in [0.15, 0.2) is 30.6 Å². The van der Waals surface area contributed by atoms with E-state index in [1.807, 2.05) is 0 Å². The third-order valence-electron chi connectivity index (χ3n) is 2.16. The normalized spacial score (nSPS) is 11.6. The lowest BCUT2D eigenvalue weighted by atomic mass is 10.1. The number of halogens is 4. The second-order valence-corrected chi connectivity index (χ2v) is 3.57. The fourth-order valence-electron chi connectivity index (χ4n) is 1.37. The van der Waals surface area contributed by atoms with Gasteiger partial charge in [0.15, 0.2) is 5.82 Å². The molecule has 0 fully saturated rings. The highest BCUT2D eigenvalue weighted by Gasteiger charge is 2.31. The van der Waals surface area contributed by atoms with Crippen molar-refractivity contribution in [2.45, 2.75) is 6.18 Å². The molecule has 18 heavy (non-hydrogen) atoms. The number of alkyl halides is 3. The molecule has 0 radical (unpaired) electrons. The summed E-state index contributed by atoms with van der Waals surface area (Å²) in [6, 6.07) is 2.14. The minimum atomic E-state index is -4.62. The molecule has 2 rings (SSSR count). The van der Waals surface area contributed by atoms with Gasteiger partial charge in [-0.25, -0.2) is 14.4 Å². The first kappa shape index (κ1) is 12.3. The number of anilines is 1. The molecular weight excluding hydrogens is 250 g/mol. The standard InChI is InChI=1S/C11H7F4N3/c12-8-2-6(1-7(3-8)11(13,14)15)10-17-4-9(16)5-18-10/h1-5H,16H2. The predicted octanol–water partition coefficient (Wildman–Crippen LogP) is 2.88. The van der Waals surface area contributed by atoms with E-state index in [1.54, 1.807) is 0 Å². The van der Waals surface area contributed by atoms with Gasteiger partial charge in [-0.1, -0.05) is 0 Å². The van der Waals surface area contributed by atoms with E-state index in [0.29, 0.717) is 6.07 Å². The first-order valence-corrected chi connectivity index (χ1v) is 4.82. The number of nitrogens with two attached hydrogens (primary N) is 1. The minimum Gasteiger partial charge on any atom is -0.396 e. The van der Waals surface area contributed by atoms with Crippen LogP contribution in [0.1, 0.15) is 5.56 Å². The van der Waals surface area contributed by atoms with Crippen LogP contribution in [-0.4, -0.2) is 9.97 Å². The van der Waals surface area contributed by atoms with Crippen LogP contribution in [-0.2, 0) is 6.18 Å². The fraction of sp³-hybridized carbons (Fsp3) is 0.0909. The molecule has 94 valence electrons. The Morgan fingerprint density at radius 1 is 1.00 bits per heavy atom. The summed E-state index contributed by atoms with van der Waals surface area (Å²) in [5, 5.41) is 0. The molecular formula is C11H7F4N3. The minimum absolute atomic E-state index is 0.0193. The Balaban J connectivity index is 2.52. The summed E-state index contributed by atoms with van der Waals surface area (Å²) in [6.07, 6.45) is -2.15. The van der Waals surface area contributed by atoms with Crippen LogP contribution in [0.2, 0.25) is 0 Å². The van der Waals surface area contributed by atoms with Crippen LogP contribution in [0, 0.1) is 5.82 Å². The predicted molar refractivity (Wildman–Crippen MR) is 56.8 cm³/mol. The Labute approximate surface area is 99.3 Å². The van der Waals surface area contributed by atoms with E-state index >= 15 is 0 Å². The van der Waals surface area contributed by atoms with Crippen molar-refractivity contribution in [3.63, 3.8) is 0 Å². The smallest absolute Gasteiger partial charge is 0.396 e. The maximum Gasteiger partial charge on any atom is 0.416 e. The second-order valence-electron chi connectivity index (χ2n) is 3.57. The van der Waals surface area contributed by atoms with Crippen molar-refractivity contribution in [1.82, 2.24) is 9.97 Å². The SMILES string of the molecule is Nc1cnc(-c2cc(F)cc(C(F)(F)F)c2)nc1. The number of aromatic nitrogens is 2. The summed E-state index contributed by atoms with van der Waals surface area (Å²) in [4.78, 5) is 7.49. The van der Waals surface area contributed by atoms with Gasteiger partial charge < -0.3 is 5.73 Å². The van der Waals surface area contributed by atoms with Gasteiger partial charge in [-0.3, -0.25) is 0 Å². The molecule has 0 amide bonds. The lowest BCUT2D eigenvalue weighted by molar-refractivity contribution is -0.137. The van der Waals surface area contributed by atoms with Gasteiger partial charge in [-0.15, -0.1) is 0 Å². The summed E-state index contributed by atoms with van der Waals surface area (Å²) >= 11 is 0. The maximum atomic E-state index is 13.1. The van der Waals surface area contributed by atoms with Gasteiger partial charge in [-0.05, 0) is 18.2 Å². The van der Waals surface area contributed by atoms with Crippen molar-refractivity contribution >= 4 is 5.69 Å². The molecule has 0 saturated carbocycles. The van der Waals surface area contributed by atoms with Crippen LogP contribution in [0.5, 0.6) is 0 Å². The number of nitrogen functional groups attached to an aromatic ring is 1. The van der Waals surface area contributed by atoms with E-state index in [-0.39, 0.29) is 17.1 Å². The van der Waals surface area contributed by atoms with Crippen LogP contribution < -0.4 is 5.73 Å². The van der Waals surface area contributed by atoms with E-state index in [4.69, 9.17) is 5.73 Å². The van der Waals surface area contributed by atoms with Crippen LogP contribution in [0.25, 0.3) is 11.4 Å². The van der Waals surface area contributed by atoms with E-state index in [9.17, 15) is 17.6 Å². The Bertz CT molecular complexity index is 563. The van der Waals surface area contributed by atoms with Gasteiger partial charge >= 0.3 is 6.18 Å². The number of hydrogen-bond donors (Lipinski definition) is 1. The molecule has 0 atom stereocenters. The molecule has 3 nitrogen and oxygen atoms in total. The van der Waals surface area contributed by atoms with Crippen molar-refractivity contribution in [3.8, 4) is 11.4 Å². The lowest BCUT2D eigenvalue weighted by Crippen LogP contribution is -2.06. The molecule has 0 saturated heterocycles. The molecule has 0 bridgehead atoms. The van der Waals surface area contributed by atoms with Gasteiger partial charge in [-0.2, -0.15) is 13.2 Å². The highest BCUT2D eigenvalue weighted by Crippen LogP contribution is 2.32. The zero-order chi connectivity index (χ0) is 13.3.